The van der Waals surface area contributed by atoms with Crippen LogP contribution < -0.4 is 5.73 Å². The van der Waals surface area contributed by atoms with E-state index in [1.165, 1.54) is 12.0 Å². The molecule has 1 aromatic rings. The molecule has 0 amide bonds. The molecular weight excluding hydrogens is 136 g/mol. The van der Waals surface area contributed by atoms with Crippen LogP contribution >= 0.6 is 0 Å². The van der Waals surface area contributed by atoms with E-state index in [1.54, 1.807) is 0 Å². The van der Waals surface area contributed by atoms with Crippen molar-refractivity contribution in [1.29, 1.82) is 0 Å². The van der Waals surface area contributed by atoms with E-state index in [1.807, 2.05) is 12.4 Å². The molecule has 0 unspecified atom stereocenters. The van der Waals surface area contributed by atoms with Crippen LogP contribution in [0.3, 0.4) is 0 Å². The van der Waals surface area contributed by atoms with Crippen LogP contribution in [0.15, 0.2) is 24.5 Å². The highest BCUT2D eigenvalue weighted by Gasteiger charge is 2.36. The van der Waals surface area contributed by atoms with Crippen molar-refractivity contribution in [3.8, 4) is 0 Å². The largest absolute Gasteiger partial charge is 0.330 e. The fraction of sp³-hybridized carbons (Fsp3) is 0.444. The fourth-order valence-corrected chi connectivity index (χ4v) is 1.53. The van der Waals surface area contributed by atoms with E-state index in [0.29, 0.717) is 0 Å². The maximum Gasteiger partial charge on any atom is 0.0270 e. The van der Waals surface area contributed by atoms with Gasteiger partial charge in [-0.1, -0.05) is 0 Å². The molecule has 2 heteroatoms. The minimum atomic E-state index is 0.725. The van der Waals surface area contributed by atoms with Gasteiger partial charge in [-0.2, -0.15) is 0 Å². The third-order valence-electron chi connectivity index (χ3n) is 2.36. The van der Waals surface area contributed by atoms with Gasteiger partial charge in [0.1, 0.15) is 0 Å². The van der Waals surface area contributed by atoms with Crippen molar-refractivity contribution in [2.75, 3.05) is 6.54 Å². The quantitative estimate of drug-likeness (QED) is 0.683. The van der Waals surface area contributed by atoms with Gasteiger partial charge in [0.25, 0.3) is 0 Å². The molecule has 2 N–H and O–H groups in total. The predicted octanol–water partition coefficient (Wildman–Crippen LogP) is 1.14. The average molecular weight is 148 g/mol. The Morgan fingerprint density at radius 1 is 1.45 bits per heavy atom. The average Bonchev–Trinajstić information content (AvgIpc) is 2.85. The van der Waals surface area contributed by atoms with E-state index in [-0.39, 0.29) is 0 Å². The lowest BCUT2D eigenvalue weighted by atomic mass is 10.1. The molecule has 0 bridgehead atoms. The third kappa shape index (κ3) is 1.26. The summed E-state index contributed by atoms with van der Waals surface area (Å²) in [5.41, 5.74) is 6.94. The number of hydrogen-bond acceptors (Lipinski definition) is 2. The zero-order chi connectivity index (χ0) is 7.68. The highest BCUT2D eigenvalue weighted by atomic mass is 14.6. The standard InChI is InChI=1S/C9H12N2/c10-6-8-5-9(8)7-1-3-11-4-2-7/h1-4,8-9H,5-6,10H2/t8-,9-/m0/s1. The number of pyridine rings is 1. The lowest BCUT2D eigenvalue weighted by molar-refractivity contribution is 0.809. The Hall–Kier alpha value is -0.890. The van der Waals surface area contributed by atoms with Gasteiger partial charge in [-0.15, -0.1) is 0 Å². The molecule has 0 spiro atoms. The van der Waals surface area contributed by atoms with Crippen LogP contribution in [0.2, 0.25) is 0 Å². The van der Waals surface area contributed by atoms with Gasteiger partial charge in [-0.25, -0.2) is 0 Å². The SMILES string of the molecule is NC[C@@H]1C[C@H]1c1ccncc1. The molecular formula is C9H12N2. The first-order valence-electron chi connectivity index (χ1n) is 4.02. The summed E-state index contributed by atoms with van der Waals surface area (Å²) in [5, 5.41) is 0. The molecule has 1 aliphatic carbocycles. The second kappa shape index (κ2) is 2.62. The van der Waals surface area contributed by atoms with E-state index in [4.69, 9.17) is 5.73 Å². The van der Waals surface area contributed by atoms with Crippen LogP contribution in [0.1, 0.15) is 17.9 Å². The highest BCUT2D eigenvalue weighted by Crippen LogP contribution is 2.46. The van der Waals surface area contributed by atoms with E-state index >= 15 is 0 Å². The van der Waals surface area contributed by atoms with Crippen LogP contribution in [0.4, 0.5) is 0 Å². The third-order valence-corrected chi connectivity index (χ3v) is 2.36. The van der Waals surface area contributed by atoms with Gasteiger partial charge in [0.2, 0.25) is 0 Å². The van der Waals surface area contributed by atoms with Crippen LogP contribution in [0, 0.1) is 5.92 Å². The second-order valence-electron chi connectivity index (χ2n) is 3.12. The van der Waals surface area contributed by atoms with E-state index < -0.39 is 0 Å². The van der Waals surface area contributed by atoms with Crippen molar-refractivity contribution in [2.45, 2.75) is 12.3 Å². The molecule has 0 saturated heterocycles. The Kier molecular flexibility index (Phi) is 1.62. The van der Waals surface area contributed by atoms with E-state index in [2.05, 4.69) is 17.1 Å². The normalized spacial score (nSPS) is 28.5. The molecule has 2 atom stereocenters. The Bertz CT molecular complexity index is 233. The zero-order valence-electron chi connectivity index (χ0n) is 6.40. The molecule has 1 aromatic heterocycles. The molecule has 1 saturated carbocycles. The first kappa shape index (κ1) is 6.80. The van der Waals surface area contributed by atoms with Gasteiger partial charge in [0.15, 0.2) is 0 Å². The summed E-state index contributed by atoms with van der Waals surface area (Å²) in [6, 6.07) is 4.17. The summed E-state index contributed by atoms with van der Waals surface area (Å²) in [4.78, 5) is 3.98. The summed E-state index contributed by atoms with van der Waals surface area (Å²) in [5.74, 6) is 1.46. The van der Waals surface area contributed by atoms with Crippen molar-refractivity contribution in [3.63, 3.8) is 0 Å². The summed E-state index contributed by atoms with van der Waals surface area (Å²) >= 11 is 0. The van der Waals surface area contributed by atoms with Crippen LogP contribution in [-0.2, 0) is 0 Å². The van der Waals surface area contributed by atoms with Crippen molar-refractivity contribution < 1.29 is 0 Å². The Morgan fingerprint density at radius 2 is 2.18 bits per heavy atom. The summed E-state index contributed by atoms with van der Waals surface area (Å²) < 4.78 is 0. The van der Waals surface area contributed by atoms with Crippen LogP contribution in [0.25, 0.3) is 0 Å². The van der Waals surface area contributed by atoms with E-state index in [0.717, 1.165) is 18.4 Å². The molecule has 2 nitrogen and oxygen atoms in total. The fourth-order valence-electron chi connectivity index (χ4n) is 1.53. The Morgan fingerprint density at radius 3 is 2.73 bits per heavy atom. The number of nitrogens with zero attached hydrogens (tertiary/aromatic N) is 1. The van der Waals surface area contributed by atoms with Crippen molar-refractivity contribution in [2.24, 2.45) is 11.7 Å². The summed E-state index contributed by atoms with van der Waals surface area (Å²) in [7, 11) is 0. The molecule has 0 aliphatic heterocycles. The molecule has 1 heterocycles. The van der Waals surface area contributed by atoms with Gasteiger partial charge in [0.05, 0.1) is 0 Å². The molecule has 1 fully saturated rings. The van der Waals surface area contributed by atoms with Crippen LogP contribution in [-0.4, -0.2) is 11.5 Å². The maximum absolute atomic E-state index is 5.55. The molecule has 0 radical (unpaired) electrons. The van der Waals surface area contributed by atoms with Gasteiger partial charge < -0.3 is 5.73 Å². The van der Waals surface area contributed by atoms with Gasteiger partial charge in [0, 0.05) is 12.4 Å². The minimum Gasteiger partial charge on any atom is -0.330 e. The Labute approximate surface area is 66.4 Å². The molecule has 1 aliphatic rings. The second-order valence-corrected chi connectivity index (χ2v) is 3.12. The van der Waals surface area contributed by atoms with E-state index in [9.17, 15) is 0 Å². The van der Waals surface area contributed by atoms with Crippen molar-refractivity contribution in [1.82, 2.24) is 4.98 Å². The van der Waals surface area contributed by atoms with Crippen molar-refractivity contribution >= 4 is 0 Å². The number of aromatic nitrogens is 1. The predicted molar refractivity (Wildman–Crippen MR) is 44.1 cm³/mol. The van der Waals surface area contributed by atoms with Crippen molar-refractivity contribution in [3.05, 3.63) is 30.1 Å². The molecule has 0 aromatic carbocycles. The van der Waals surface area contributed by atoms with Gasteiger partial charge in [-0.05, 0) is 42.5 Å². The zero-order valence-corrected chi connectivity index (χ0v) is 6.40. The molecule has 2 rings (SSSR count). The maximum atomic E-state index is 5.55. The summed E-state index contributed by atoms with van der Waals surface area (Å²) in [6.45, 7) is 0.826. The topological polar surface area (TPSA) is 38.9 Å². The highest BCUT2D eigenvalue weighted by molar-refractivity contribution is 5.23. The molecule has 58 valence electrons. The Balaban J connectivity index is 2.09. The first-order chi connectivity index (χ1) is 5.42. The smallest absolute Gasteiger partial charge is 0.0270 e. The van der Waals surface area contributed by atoms with Crippen LogP contribution in [0.5, 0.6) is 0 Å². The number of rotatable bonds is 2. The number of nitrogens with two attached hydrogens (primary N) is 1. The lowest BCUT2D eigenvalue weighted by Crippen LogP contribution is -2.01. The monoisotopic (exact) mass is 148 g/mol. The molecule has 11 heavy (non-hydrogen) atoms. The van der Waals surface area contributed by atoms with Gasteiger partial charge >= 0.3 is 0 Å². The minimum absolute atomic E-state index is 0.725. The lowest BCUT2D eigenvalue weighted by Gasteiger charge is -1.95. The van der Waals surface area contributed by atoms with Gasteiger partial charge in [-0.3, -0.25) is 4.98 Å². The summed E-state index contributed by atoms with van der Waals surface area (Å²) in [6.07, 6.45) is 4.96. The first-order valence-corrected chi connectivity index (χ1v) is 4.02. The number of hydrogen-bond donors (Lipinski definition) is 1.